The Balaban J connectivity index is 1.50. The number of anilines is 1. The molecule has 3 aromatic rings. The Kier molecular flexibility index (Phi) is 6.15. The second-order valence-electron chi connectivity index (χ2n) is 8.05. The van der Waals surface area contributed by atoms with Gasteiger partial charge in [-0.05, 0) is 42.8 Å². The number of hydrogen-bond donors (Lipinski definition) is 0. The summed E-state index contributed by atoms with van der Waals surface area (Å²) in [6, 6.07) is 17.0. The minimum atomic E-state index is -3.29. The number of imidazole rings is 1. The monoisotopic (exact) mass is 451 g/mol. The van der Waals surface area contributed by atoms with Gasteiger partial charge in [-0.15, -0.1) is 0 Å². The van der Waals surface area contributed by atoms with Crippen LogP contribution in [0.15, 0.2) is 48.5 Å². The molecule has 4 rings (SSSR count). The van der Waals surface area contributed by atoms with E-state index in [1.807, 2.05) is 41.3 Å². The average molecular weight is 452 g/mol. The van der Waals surface area contributed by atoms with E-state index in [4.69, 9.17) is 5.26 Å². The van der Waals surface area contributed by atoms with Crippen LogP contribution in [-0.2, 0) is 26.9 Å². The lowest BCUT2D eigenvalue weighted by atomic mass is 10.2. The van der Waals surface area contributed by atoms with E-state index in [0.29, 0.717) is 36.5 Å². The van der Waals surface area contributed by atoms with Crippen molar-refractivity contribution in [1.82, 2.24) is 14.5 Å². The first-order valence-electron chi connectivity index (χ1n) is 10.5. The van der Waals surface area contributed by atoms with Crippen molar-refractivity contribution in [2.45, 2.75) is 18.7 Å². The van der Waals surface area contributed by atoms with Gasteiger partial charge in [0.1, 0.15) is 18.1 Å². The molecule has 1 fully saturated rings. The van der Waals surface area contributed by atoms with E-state index < -0.39 is 9.84 Å². The highest BCUT2D eigenvalue weighted by molar-refractivity contribution is 7.89. The molecule has 0 atom stereocenters. The molecule has 0 unspecified atom stereocenters. The number of rotatable bonds is 5. The van der Waals surface area contributed by atoms with Gasteiger partial charge in [0.05, 0.1) is 22.7 Å². The van der Waals surface area contributed by atoms with Crippen LogP contribution in [0.25, 0.3) is 11.0 Å². The van der Waals surface area contributed by atoms with Gasteiger partial charge in [-0.3, -0.25) is 4.79 Å². The fourth-order valence-corrected chi connectivity index (χ4v) is 4.74. The van der Waals surface area contributed by atoms with E-state index in [-0.39, 0.29) is 18.2 Å². The number of fused-ring (bicyclic) bond motifs is 1. The normalized spacial score (nSPS) is 14.9. The summed E-state index contributed by atoms with van der Waals surface area (Å²) >= 11 is 0. The van der Waals surface area contributed by atoms with Gasteiger partial charge < -0.3 is 14.4 Å². The molecule has 1 aromatic heterocycles. The molecule has 2 aromatic carbocycles. The van der Waals surface area contributed by atoms with Gasteiger partial charge in [-0.2, -0.15) is 5.26 Å². The summed E-state index contributed by atoms with van der Waals surface area (Å²) < 4.78 is 25.5. The summed E-state index contributed by atoms with van der Waals surface area (Å²) in [6.45, 7) is 2.79. The van der Waals surface area contributed by atoms with Crippen LogP contribution in [0.5, 0.6) is 0 Å². The van der Waals surface area contributed by atoms with Gasteiger partial charge in [0.25, 0.3) is 0 Å². The number of carbonyl (C=O) groups is 1. The number of sulfone groups is 1. The topological polar surface area (TPSA) is 99.3 Å². The molecule has 0 radical (unpaired) electrons. The lowest BCUT2D eigenvalue weighted by molar-refractivity contribution is -0.131. The Morgan fingerprint density at radius 2 is 1.81 bits per heavy atom. The number of para-hydroxylation sites is 2. The SMILES string of the molecule is CS(=O)(=O)Cc1nc2ccccc2n1CC(=O)N1CCCN(c2ccc(C#N)cc2)CC1. The Morgan fingerprint density at radius 1 is 1.06 bits per heavy atom. The molecule has 0 N–H and O–H groups in total. The zero-order valence-corrected chi connectivity index (χ0v) is 18.8. The second-order valence-corrected chi connectivity index (χ2v) is 10.2. The molecular formula is C23H25N5O3S. The summed E-state index contributed by atoms with van der Waals surface area (Å²) in [5, 5.41) is 8.99. The van der Waals surface area contributed by atoms with E-state index in [9.17, 15) is 13.2 Å². The molecule has 9 heteroatoms. The largest absolute Gasteiger partial charge is 0.370 e. The van der Waals surface area contributed by atoms with Crippen LogP contribution in [0, 0.1) is 11.3 Å². The van der Waals surface area contributed by atoms with Crippen molar-refractivity contribution in [1.29, 1.82) is 5.26 Å². The average Bonchev–Trinajstić information content (AvgIpc) is 2.94. The van der Waals surface area contributed by atoms with E-state index in [1.54, 1.807) is 16.7 Å². The van der Waals surface area contributed by atoms with Crippen LogP contribution in [-0.4, -0.2) is 61.2 Å². The van der Waals surface area contributed by atoms with Gasteiger partial charge in [-0.1, -0.05) is 12.1 Å². The maximum absolute atomic E-state index is 13.2. The van der Waals surface area contributed by atoms with Crippen molar-refractivity contribution in [2.24, 2.45) is 0 Å². The number of nitriles is 1. The minimum Gasteiger partial charge on any atom is -0.370 e. The van der Waals surface area contributed by atoms with E-state index >= 15 is 0 Å². The van der Waals surface area contributed by atoms with Crippen molar-refractivity contribution in [3.8, 4) is 6.07 Å². The second kappa shape index (κ2) is 9.01. The van der Waals surface area contributed by atoms with Crippen molar-refractivity contribution < 1.29 is 13.2 Å². The van der Waals surface area contributed by atoms with Gasteiger partial charge in [0.2, 0.25) is 5.91 Å². The van der Waals surface area contributed by atoms with Crippen molar-refractivity contribution >= 4 is 32.5 Å². The fraction of sp³-hybridized carbons (Fsp3) is 0.348. The number of benzene rings is 2. The maximum Gasteiger partial charge on any atom is 0.242 e. The number of carbonyl (C=O) groups excluding carboxylic acids is 1. The number of hydrogen-bond acceptors (Lipinski definition) is 6. The third-order valence-electron chi connectivity index (χ3n) is 5.63. The summed E-state index contributed by atoms with van der Waals surface area (Å²) in [5.74, 6) is 0.127. The molecule has 0 saturated carbocycles. The lowest BCUT2D eigenvalue weighted by Crippen LogP contribution is -2.37. The van der Waals surface area contributed by atoms with Gasteiger partial charge in [0.15, 0.2) is 9.84 Å². The predicted molar refractivity (Wildman–Crippen MR) is 123 cm³/mol. The molecule has 1 aliphatic rings. The van der Waals surface area contributed by atoms with Crippen LogP contribution in [0.3, 0.4) is 0 Å². The Hall–Kier alpha value is -3.38. The smallest absolute Gasteiger partial charge is 0.242 e. The third-order valence-corrected chi connectivity index (χ3v) is 6.41. The molecule has 1 amide bonds. The Labute approximate surface area is 187 Å². The Morgan fingerprint density at radius 3 is 2.53 bits per heavy atom. The first-order chi connectivity index (χ1) is 15.3. The third kappa shape index (κ3) is 4.92. The molecule has 2 heterocycles. The first-order valence-corrected chi connectivity index (χ1v) is 12.5. The van der Waals surface area contributed by atoms with Crippen LogP contribution in [0.2, 0.25) is 0 Å². The Bertz CT molecular complexity index is 1280. The first kappa shape index (κ1) is 21.8. The number of amides is 1. The van der Waals surface area contributed by atoms with E-state index in [2.05, 4.69) is 16.0 Å². The van der Waals surface area contributed by atoms with Gasteiger partial charge >= 0.3 is 0 Å². The zero-order chi connectivity index (χ0) is 22.7. The van der Waals surface area contributed by atoms with Crippen LogP contribution >= 0.6 is 0 Å². The fourth-order valence-electron chi connectivity index (χ4n) is 4.05. The van der Waals surface area contributed by atoms with Gasteiger partial charge in [0, 0.05) is 38.1 Å². The molecular weight excluding hydrogens is 426 g/mol. The van der Waals surface area contributed by atoms with Crippen molar-refractivity contribution in [2.75, 3.05) is 37.3 Å². The summed E-state index contributed by atoms with van der Waals surface area (Å²) in [6.07, 6.45) is 2.00. The van der Waals surface area contributed by atoms with E-state index in [0.717, 1.165) is 24.2 Å². The lowest BCUT2D eigenvalue weighted by Gasteiger charge is -2.24. The summed E-state index contributed by atoms with van der Waals surface area (Å²) in [5.41, 5.74) is 3.10. The molecule has 1 saturated heterocycles. The van der Waals surface area contributed by atoms with E-state index in [1.165, 1.54) is 6.26 Å². The molecule has 166 valence electrons. The highest BCUT2D eigenvalue weighted by Gasteiger charge is 2.22. The molecule has 0 aliphatic carbocycles. The molecule has 32 heavy (non-hydrogen) atoms. The zero-order valence-electron chi connectivity index (χ0n) is 17.9. The van der Waals surface area contributed by atoms with Crippen LogP contribution < -0.4 is 4.90 Å². The highest BCUT2D eigenvalue weighted by Crippen LogP contribution is 2.20. The predicted octanol–water partition coefficient (Wildman–Crippen LogP) is 2.19. The maximum atomic E-state index is 13.2. The summed E-state index contributed by atoms with van der Waals surface area (Å²) in [4.78, 5) is 21.7. The van der Waals surface area contributed by atoms with Crippen LogP contribution in [0.1, 0.15) is 17.8 Å². The minimum absolute atomic E-state index is 0.0513. The van der Waals surface area contributed by atoms with Crippen LogP contribution in [0.4, 0.5) is 5.69 Å². The highest BCUT2D eigenvalue weighted by atomic mass is 32.2. The quantitative estimate of drug-likeness (QED) is 0.590. The molecule has 8 nitrogen and oxygen atoms in total. The van der Waals surface area contributed by atoms with Crippen molar-refractivity contribution in [3.05, 3.63) is 59.9 Å². The standard InChI is InChI=1S/C23H25N5O3S/c1-32(30,31)17-22-25-20-5-2-3-6-21(20)28(22)16-23(29)27-12-4-11-26(13-14-27)19-9-7-18(15-24)8-10-19/h2-3,5-10H,4,11-14,16-17H2,1H3. The number of nitrogens with zero attached hydrogens (tertiary/aromatic N) is 5. The molecule has 1 aliphatic heterocycles. The number of aromatic nitrogens is 2. The van der Waals surface area contributed by atoms with Crippen molar-refractivity contribution in [3.63, 3.8) is 0 Å². The summed E-state index contributed by atoms with van der Waals surface area (Å²) in [7, 11) is -3.29. The van der Waals surface area contributed by atoms with Gasteiger partial charge in [-0.25, -0.2) is 13.4 Å². The molecule has 0 bridgehead atoms. The molecule has 0 spiro atoms.